The average Bonchev–Trinajstić information content (AvgIpc) is 2.44. The molecule has 5 heteroatoms. The SMILES string of the molecule is C[C@H](O)C1C[C@@H](F)CN1C(=O)OC(C)(C)C. The minimum atomic E-state index is -1.08. The highest BCUT2D eigenvalue weighted by Gasteiger charge is 2.39. The lowest BCUT2D eigenvalue weighted by molar-refractivity contribution is 0.00771. The van der Waals surface area contributed by atoms with E-state index >= 15 is 0 Å². The van der Waals surface area contributed by atoms with Crippen molar-refractivity contribution >= 4 is 6.09 Å². The first kappa shape index (κ1) is 13.2. The molecule has 1 saturated heterocycles. The first-order chi connectivity index (χ1) is 7.20. The topological polar surface area (TPSA) is 49.8 Å². The van der Waals surface area contributed by atoms with Crippen LogP contribution in [0.1, 0.15) is 34.1 Å². The lowest BCUT2D eigenvalue weighted by Gasteiger charge is -2.29. The van der Waals surface area contributed by atoms with Gasteiger partial charge in [0, 0.05) is 6.42 Å². The maximum Gasteiger partial charge on any atom is 0.410 e. The molecule has 4 nitrogen and oxygen atoms in total. The zero-order chi connectivity index (χ0) is 12.5. The fraction of sp³-hybridized carbons (Fsp3) is 0.909. The number of nitrogens with zero attached hydrogens (tertiary/aromatic N) is 1. The largest absolute Gasteiger partial charge is 0.444 e. The number of aliphatic hydroxyl groups excluding tert-OH is 1. The van der Waals surface area contributed by atoms with Crippen LogP contribution in [0.4, 0.5) is 9.18 Å². The summed E-state index contributed by atoms with van der Waals surface area (Å²) in [6.45, 7) is 6.83. The highest BCUT2D eigenvalue weighted by atomic mass is 19.1. The van der Waals surface area contributed by atoms with Crippen LogP contribution in [0, 0.1) is 0 Å². The summed E-state index contributed by atoms with van der Waals surface area (Å²) in [4.78, 5) is 13.0. The molecule has 0 aromatic heterocycles. The van der Waals surface area contributed by atoms with Crippen molar-refractivity contribution in [2.75, 3.05) is 6.54 Å². The molecule has 1 amide bonds. The molecule has 1 heterocycles. The van der Waals surface area contributed by atoms with Crippen LogP contribution in [0.2, 0.25) is 0 Å². The first-order valence-electron chi connectivity index (χ1n) is 5.52. The van der Waals surface area contributed by atoms with Crippen LogP contribution in [0.25, 0.3) is 0 Å². The number of aliphatic hydroxyl groups is 1. The van der Waals surface area contributed by atoms with Crippen LogP contribution in [-0.2, 0) is 4.74 Å². The molecule has 0 spiro atoms. The summed E-state index contributed by atoms with van der Waals surface area (Å²) in [5.74, 6) is 0. The summed E-state index contributed by atoms with van der Waals surface area (Å²) in [6.07, 6.45) is -2.20. The number of hydrogen-bond acceptors (Lipinski definition) is 3. The minimum absolute atomic E-state index is 0.00444. The summed E-state index contributed by atoms with van der Waals surface area (Å²) in [5, 5.41) is 9.47. The molecule has 3 atom stereocenters. The highest BCUT2D eigenvalue weighted by Crippen LogP contribution is 2.25. The zero-order valence-electron chi connectivity index (χ0n) is 10.2. The number of halogens is 1. The van der Waals surface area contributed by atoms with Gasteiger partial charge in [0.05, 0.1) is 18.7 Å². The molecule has 0 radical (unpaired) electrons. The van der Waals surface area contributed by atoms with Gasteiger partial charge >= 0.3 is 6.09 Å². The first-order valence-corrected chi connectivity index (χ1v) is 5.52. The lowest BCUT2D eigenvalue weighted by Crippen LogP contribution is -2.44. The summed E-state index contributed by atoms with van der Waals surface area (Å²) in [7, 11) is 0. The molecule has 1 rings (SSSR count). The van der Waals surface area contributed by atoms with Crippen LogP contribution in [0.3, 0.4) is 0 Å². The van der Waals surface area contributed by atoms with Crippen molar-refractivity contribution < 1.29 is 19.0 Å². The molecule has 1 unspecified atom stereocenters. The van der Waals surface area contributed by atoms with E-state index in [9.17, 15) is 14.3 Å². The third-order valence-corrected chi connectivity index (χ3v) is 2.48. The van der Waals surface area contributed by atoms with E-state index < -0.39 is 30.0 Å². The quantitative estimate of drug-likeness (QED) is 0.750. The summed E-state index contributed by atoms with van der Waals surface area (Å²) in [5.41, 5.74) is -0.602. The third-order valence-electron chi connectivity index (χ3n) is 2.48. The van der Waals surface area contributed by atoms with Gasteiger partial charge in [0.25, 0.3) is 0 Å². The monoisotopic (exact) mass is 233 g/mol. The van der Waals surface area contributed by atoms with Gasteiger partial charge in [0.15, 0.2) is 0 Å². The van der Waals surface area contributed by atoms with Gasteiger partial charge in [-0.2, -0.15) is 0 Å². The molecular formula is C11H20FNO3. The normalized spacial score (nSPS) is 28.0. The van der Waals surface area contributed by atoms with Gasteiger partial charge in [-0.3, -0.25) is 4.90 Å². The smallest absolute Gasteiger partial charge is 0.410 e. The molecule has 0 aromatic rings. The summed E-state index contributed by atoms with van der Waals surface area (Å²) < 4.78 is 18.4. The Labute approximate surface area is 95.4 Å². The Bertz CT molecular complexity index is 262. The Morgan fingerprint density at radius 2 is 2.12 bits per heavy atom. The van der Waals surface area contributed by atoms with E-state index in [0.717, 1.165) is 0 Å². The minimum Gasteiger partial charge on any atom is -0.444 e. The van der Waals surface area contributed by atoms with Crippen LogP contribution < -0.4 is 0 Å². The second-order valence-corrected chi connectivity index (χ2v) is 5.27. The van der Waals surface area contributed by atoms with Gasteiger partial charge in [0.2, 0.25) is 0 Å². The fourth-order valence-corrected chi connectivity index (χ4v) is 1.80. The van der Waals surface area contributed by atoms with Crippen molar-refractivity contribution in [2.24, 2.45) is 0 Å². The van der Waals surface area contributed by atoms with E-state index in [0.29, 0.717) is 0 Å². The third kappa shape index (κ3) is 3.33. The number of carbonyl (C=O) groups excluding carboxylic acids is 1. The van der Waals surface area contributed by atoms with E-state index in [1.54, 1.807) is 27.7 Å². The Balaban J connectivity index is 2.67. The van der Waals surface area contributed by atoms with Crippen molar-refractivity contribution in [3.63, 3.8) is 0 Å². The molecular weight excluding hydrogens is 213 g/mol. The predicted octanol–water partition coefficient (Wildman–Crippen LogP) is 1.71. The van der Waals surface area contributed by atoms with Crippen molar-refractivity contribution in [2.45, 2.75) is 58.0 Å². The molecule has 0 aliphatic carbocycles. The second kappa shape index (κ2) is 4.57. The Kier molecular flexibility index (Phi) is 3.78. The van der Waals surface area contributed by atoms with Crippen molar-refractivity contribution in [3.8, 4) is 0 Å². The summed E-state index contributed by atoms with van der Waals surface area (Å²) >= 11 is 0. The number of alkyl halides is 1. The molecule has 0 bridgehead atoms. The molecule has 0 saturated carbocycles. The molecule has 1 fully saturated rings. The Morgan fingerprint density at radius 3 is 2.56 bits per heavy atom. The number of carbonyl (C=O) groups is 1. The van der Waals surface area contributed by atoms with Crippen LogP contribution in [0.5, 0.6) is 0 Å². The van der Waals surface area contributed by atoms with Crippen LogP contribution >= 0.6 is 0 Å². The van der Waals surface area contributed by atoms with Crippen molar-refractivity contribution in [3.05, 3.63) is 0 Å². The van der Waals surface area contributed by atoms with E-state index in [-0.39, 0.29) is 13.0 Å². The van der Waals surface area contributed by atoms with E-state index in [1.807, 2.05) is 0 Å². The highest BCUT2D eigenvalue weighted by molar-refractivity contribution is 5.69. The van der Waals surface area contributed by atoms with Gasteiger partial charge in [-0.25, -0.2) is 9.18 Å². The molecule has 1 aliphatic heterocycles. The molecule has 94 valence electrons. The molecule has 1 aliphatic rings. The van der Waals surface area contributed by atoms with E-state index in [1.165, 1.54) is 4.90 Å². The average molecular weight is 233 g/mol. The predicted molar refractivity (Wildman–Crippen MR) is 57.9 cm³/mol. The zero-order valence-corrected chi connectivity index (χ0v) is 10.2. The standard InChI is InChI=1S/C11H20FNO3/c1-7(14)9-5-8(12)6-13(9)10(15)16-11(2,3)4/h7-9,14H,5-6H2,1-4H3/t7-,8+,9?/m0/s1. The Morgan fingerprint density at radius 1 is 1.56 bits per heavy atom. The van der Waals surface area contributed by atoms with Crippen molar-refractivity contribution in [1.82, 2.24) is 4.90 Å². The number of likely N-dealkylation sites (tertiary alicyclic amines) is 1. The lowest BCUT2D eigenvalue weighted by atomic mass is 10.1. The van der Waals surface area contributed by atoms with Gasteiger partial charge in [-0.1, -0.05) is 0 Å². The molecule has 0 aromatic carbocycles. The van der Waals surface area contributed by atoms with Gasteiger partial charge in [0.1, 0.15) is 11.8 Å². The van der Waals surface area contributed by atoms with Gasteiger partial charge < -0.3 is 9.84 Å². The number of hydrogen-bond donors (Lipinski definition) is 1. The molecule has 16 heavy (non-hydrogen) atoms. The van der Waals surface area contributed by atoms with Gasteiger partial charge in [-0.15, -0.1) is 0 Å². The maximum atomic E-state index is 13.2. The van der Waals surface area contributed by atoms with E-state index in [2.05, 4.69) is 0 Å². The number of rotatable bonds is 1. The van der Waals surface area contributed by atoms with Gasteiger partial charge in [-0.05, 0) is 27.7 Å². The van der Waals surface area contributed by atoms with E-state index in [4.69, 9.17) is 4.74 Å². The fourth-order valence-electron chi connectivity index (χ4n) is 1.80. The maximum absolute atomic E-state index is 13.2. The Hall–Kier alpha value is -0.840. The summed E-state index contributed by atoms with van der Waals surface area (Å²) in [6, 6.07) is -0.482. The second-order valence-electron chi connectivity index (χ2n) is 5.27. The molecule has 1 N–H and O–H groups in total. The van der Waals surface area contributed by atoms with Crippen LogP contribution in [-0.4, -0.2) is 46.6 Å². The van der Waals surface area contributed by atoms with Crippen LogP contribution in [0.15, 0.2) is 0 Å². The number of ether oxygens (including phenoxy) is 1. The van der Waals surface area contributed by atoms with Crippen molar-refractivity contribution in [1.29, 1.82) is 0 Å². The number of amides is 1.